The van der Waals surface area contributed by atoms with Crippen molar-refractivity contribution in [2.45, 2.75) is 76.5 Å². The number of hydrogen-bond acceptors (Lipinski definition) is 5. The van der Waals surface area contributed by atoms with Gasteiger partial charge in [0.05, 0.1) is 18.7 Å². The number of nitrogens with zero attached hydrogens (tertiary/aromatic N) is 2. The van der Waals surface area contributed by atoms with Gasteiger partial charge in [-0.05, 0) is 56.4 Å². The van der Waals surface area contributed by atoms with Crippen LogP contribution in [0.4, 0.5) is 16.2 Å². The predicted octanol–water partition coefficient (Wildman–Crippen LogP) is 3.92. The second kappa shape index (κ2) is 14.2. The van der Waals surface area contributed by atoms with E-state index in [1.807, 2.05) is 43.3 Å². The van der Waals surface area contributed by atoms with Crippen molar-refractivity contribution in [1.82, 2.24) is 15.5 Å². The number of carbonyl (C=O) groups is 3. The van der Waals surface area contributed by atoms with Gasteiger partial charge in [0.1, 0.15) is 0 Å². The first kappa shape index (κ1) is 29.4. The highest BCUT2D eigenvalue weighted by Crippen LogP contribution is 2.27. The molecule has 2 aromatic rings. The Balaban J connectivity index is 1.51. The number of aliphatic hydroxyl groups excluding tert-OH is 1. The van der Waals surface area contributed by atoms with Gasteiger partial charge in [0.25, 0.3) is 5.91 Å². The number of anilines is 2. The molecule has 2 aliphatic rings. The van der Waals surface area contributed by atoms with Crippen LogP contribution < -0.4 is 20.9 Å². The minimum Gasteiger partial charge on any atom is -0.389 e. The maximum absolute atomic E-state index is 13.6. The van der Waals surface area contributed by atoms with Gasteiger partial charge in [0, 0.05) is 49.5 Å². The van der Waals surface area contributed by atoms with Crippen LogP contribution in [0.15, 0.2) is 48.5 Å². The number of urea groups is 1. The van der Waals surface area contributed by atoms with Gasteiger partial charge in [0.15, 0.2) is 0 Å². The summed E-state index contributed by atoms with van der Waals surface area (Å²) in [6, 6.07) is 14.4. The molecule has 1 heterocycles. The highest BCUT2D eigenvalue weighted by atomic mass is 16.3. The summed E-state index contributed by atoms with van der Waals surface area (Å²) in [4.78, 5) is 42.3. The van der Waals surface area contributed by atoms with E-state index in [0.717, 1.165) is 43.4 Å². The van der Waals surface area contributed by atoms with Gasteiger partial charge in [-0.3, -0.25) is 9.59 Å². The van der Waals surface area contributed by atoms with Gasteiger partial charge in [-0.25, -0.2) is 4.79 Å². The zero-order valence-electron chi connectivity index (χ0n) is 23.7. The van der Waals surface area contributed by atoms with Crippen molar-refractivity contribution >= 4 is 29.2 Å². The summed E-state index contributed by atoms with van der Waals surface area (Å²) in [6.07, 6.45) is 6.10. The molecule has 4 N–H and O–H groups in total. The van der Waals surface area contributed by atoms with Gasteiger partial charge in [-0.15, -0.1) is 0 Å². The Labute approximate surface area is 237 Å². The Kier molecular flexibility index (Phi) is 10.4. The van der Waals surface area contributed by atoms with E-state index in [1.54, 1.807) is 29.0 Å². The third kappa shape index (κ3) is 7.75. The lowest BCUT2D eigenvalue weighted by Crippen LogP contribution is -2.53. The zero-order valence-corrected chi connectivity index (χ0v) is 23.7. The van der Waals surface area contributed by atoms with Crippen LogP contribution in [0, 0.1) is 0 Å². The number of rotatable bonds is 11. The van der Waals surface area contributed by atoms with E-state index >= 15 is 0 Å². The fraction of sp³-hybridized carbons (Fsp3) is 0.516. The quantitative estimate of drug-likeness (QED) is 0.339. The van der Waals surface area contributed by atoms with Crippen LogP contribution in [0.5, 0.6) is 0 Å². The van der Waals surface area contributed by atoms with Gasteiger partial charge in [-0.1, -0.05) is 49.6 Å². The Hall–Kier alpha value is -3.59. The Morgan fingerprint density at radius 3 is 2.48 bits per heavy atom. The number of benzene rings is 2. The highest BCUT2D eigenvalue weighted by molar-refractivity contribution is 6.00. The second-order valence-corrected chi connectivity index (χ2v) is 10.8. The van der Waals surface area contributed by atoms with Gasteiger partial charge >= 0.3 is 6.03 Å². The monoisotopic (exact) mass is 549 g/mol. The van der Waals surface area contributed by atoms with E-state index in [4.69, 9.17) is 0 Å². The van der Waals surface area contributed by atoms with Crippen LogP contribution in [0.2, 0.25) is 0 Å². The highest BCUT2D eigenvalue weighted by Gasteiger charge is 2.28. The molecule has 4 rings (SSSR count). The van der Waals surface area contributed by atoms with Crippen LogP contribution in [0.3, 0.4) is 0 Å². The zero-order chi connectivity index (χ0) is 28.5. The summed E-state index contributed by atoms with van der Waals surface area (Å²) in [5, 5.41) is 20.6. The summed E-state index contributed by atoms with van der Waals surface area (Å²) in [5.74, 6) is -0.303. The summed E-state index contributed by atoms with van der Waals surface area (Å²) >= 11 is 0. The maximum atomic E-state index is 13.6. The average molecular weight is 550 g/mol. The van der Waals surface area contributed by atoms with E-state index in [2.05, 4.69) is 16.0 Å². The molecule has 2 atom stereocenters. The molecule has 40 heavy (non-hydrogen) atoms. The molecule has 2 fully saturated rings. The predicted molar refractivity (Wildman–Crippen MR) is 158 cm³/mol. The first-order valence-corrected chi connectivity index (χ1v) is 14.6. The first-order valence-electron chi connectivity index (χ1n) is 14.6. The minimum absolute atomic E-state index is 0.0446. The molecule has 0 spiro atoms. The number of hydrogen-bond donors (Lipinski definition) is 4. The van der Waals surface area contributed by atoms with Crippen molar-refractivity contribution in [3.05, 3.63) is 59.7 Å². The molecule has 1 saturated heterocycles. The van der Waals surface area contributed by atoms with Crippen LogP contribution >= 0.6 is 0 Å². The number of nitrogens with one attached hydrogen (secondary N) is 3. The number of likely N-dealkylation sites (N-methyl/N-ethyl adjacent to an activating group) is 1. The molecule has 2 aromatic carbocycles. The first-order chi connectivity index (χ1) is 19.4. The minimum atomic E-state index is -0.992. The second-order valence-electron chi connectivity index (χ2n) is 10.8. The summed E-state index contributed by atoms with van der Waals surface area (Å²) in [6.45, 7) is 3.05. The van der Waals surface area contributed by atoms with Gasteiger partial charge < -0.3 is 30.9 Å². The maximum Gasteiger partial charge on any atom is 0.317 e. The van der Waals surface area contributed by atoms with E-state index in [1.165, 1.54) is 6.42 Å². The SMILES string of the molecule is CCN(CC(O)C(Cc1ccccc1)NC(=O)c1cc(NC)cc(N2CCCC2=O)c1)C(=O)NC1CCCCC1. The molecule has 4 amide bonds. The van der Waals surface area contributed by atoms with Crippen LogP contribution in [0.1, 0.15) is 67.8 Å². The molecule has 9 heteroatoms. The van der Waals surface area contributed by atoms with Gasteiger partial charge in [-0.2, -0.15) is 0 Å². The number of amides is 4. The third-order valence-electron chi connectivity index (χ3n) is 7.94. The lowest BCUT2D eigenvalue weighted by molar-refractivity contribution is -0.117. The normalized spacial score (nSPS) is 17.3. The smallest absolute Gasteiger partial charge is 0.317 e. The van der Waals surface area contributed by atoms with Crippen molar-refractivity contribution in [2.24, 2.45) is 0 Å². The van der Waals surface area contributed by atoms with E-state index < -0.39 is 12.1 Å². The van der Waals surface area contributed by atoms with Crippen LogP contribution in [0.25, 0.3) is 0 Å². The Morgan fingerprint density at radius 2 is 1.82 bits per heavy atom. The number of carbonyl (C=O) groups excluding carboxylic acids is 3. The standard InChI is InChI=1S/C31H43N5O4/c1-3-35(31(40)33-24-13-8-5-9-14-24)21-28(37)27(17-22-11-6-4-7-12-22)34-30(39)23-18-25(32-2)20-26(19-23)36-16-10-15-29(36)38/h4,6-7,11-12,18-20,24,27-28,32,37H,3,5,8-10,13-17,21H2,1-2H3,(H,33,40)(H,34,39). The van der Waals surface area contributed by atoms with Crippen molar-refractivity contribution in [3.63, 3.8) is 0 Å². The van der Waals surface area contributed by atoms with Crippen molar-refractivity contribution in [2.75, 3.05) is 36.9 Å². The molecule has 0 bridgehead atoms. The molecule has 1 aliphatic carbocycles. The topological polar surface area (TPSA) is 114 Å². The van der Waals surface area contributed by atoms with Crippen molar-refractivity contribution < 1.29 is 19.5 Å². The van der Waals surface area contributed by atoms with E-state index in [-0.39, 0.29) is 30.4 Å². The lowest BCUT2D eigenvalue weighted by atomic mass is 9.96. The largest absolute Gasteiger partial charge is 0.389 e. The van der Waals surface area contributed by atoms with Crippen molar-refractivity contribution in [3.8, 4) is 0 Å². The summed E-state index contributed by atoms with van der Waals surface area (Å²) in [5.41, 5.74) is 2.76. The molecule has 216 valence electrons. The lowest BCUT2D eigenvalue weighted by Gasteiger charge is -2.32. The van der Waals surface area contributed by atoms with E-state index in [9.17, 15) is 19.5 Å². The molecule has 2 unspecified atom stereocenters. The van der Waals surface area contributed by atoms with Crippen LogP contribution in [-0.4, -0.2) is 72.7 Å². The molecule has 0 radical (unpaired) electrons. The van der Waals surface area contributed by atoms with Crippen molar-refractivity contribution in [1.29, 1.82) is 0 Å². The molecule has 1 aliphatic heterocycles. The molecular weight excluding hydrogens is 506 g/mol. The molecular formula is C31H43N5O4. The van der Waals surface area contributed by atoms with Gasteiger partial charge in [0.2, 0.25) is 5.91 Å². The van der Waals surface area contributed by atoms with Crippen LogP contribution in [-0.2, 0) is 11.2 Å². The molecule has 9 nitrogen and oxygen atoms in total. The average Bonchev–Trinajstić information content (AvgIpc) is 3.41. The summed E-state index contributed by atoms with van der Waals surface area (Å²) in [7, 11) is 1.77. The Bertz CT molecular complexity index is 1150. The van der Waals surface area contributed by atoms with E-state index in [0.29, 0.717) is 37.2 Å². The molecule has 0 aromatic heterocycles. The molecule has 1 saturated carbocycles. The third-order valence-corrected chi connectivity index (χ3v) is 7.94. The summed E-state index contributed by atoms with van der Waals surface area (Å²) < 4.78 is 0. The number of aliphatic hydroxyl groups is 1. The Morgan fingerprint density at radius 1 is 1.07 bits per heavy atom. The fourth-order valence-electron chi connectivity index (χ4n) is 5.59. The fourth-order valence-corrected chi connectivity index (χ4v) is 5.59.